The molecule has 0 aliphatic rings. The Hall–Kier alpha value is -3.75. The third-order valence-corrected chi connectivity index (χ3v) is 3.58. The van der Waals surface area contributed by atoms with Crippen LogP contribution in [0.3, 0.4) is 0 Å². The van der Waals surface area contributed by atoms with Gasteiger partial charge in [-0.25, -0.2) is 14.2 Å². The molecule has 3 aromatic rings. The van der Waals surface area contributed by atoms with Gasteiger partial charge in [0, 0.05) is 17.7 Å². The molecule has 0 saturated carbocycles. The lowest BCUT2D eigenvalue weighted by Gasteiger charge is -2.06. The summed E-state index contributed by atoms with van der Waals surface area (Å²) in [6.07, 6.45) is 1.30. The number of aromatic nitrogens is 1. The van der Waals surface area contributed by atoms with Crippen molar-refractivity contribution in [3.8, 4) is 17.2 Å². The van der Waals surface area contributed by atoms with Crippen LogP contribution in [0.4, 0.5) is 10.1 Å². The van der Waals surface area contributed by atoms with Gasteiger partial charge in [-0.3, -0.25) is 10.1 Å². The number of benzene rings is 2. The van der Waals surface area contributed by atoms with Crippen LogP contribution in [0.5, 0.6) is 5.75 Å². The Morgan fingerprint density at radius 3 is 2.81 bits per heavy atom. The first kappa shape index (κ1) is 18.1. The minimum Gasteiger partial charge on any atom is -0.480 e. The first-order chi connectivity index (χ1) is 13.0. The third kappa shape index (κ3) is 4.09. The number of rotatable bonds is 6. The highest BCUT2D eigenvalue weighted by atomic mass is 19.1. The molecule has 0 fully saturated rings. The Labute approximate surface area is 152 Å². The standard InChI is InChI=1S/C18H13FN2O6/c1-25-18(22)12-5-6-15(21(23)24)16(8-12)26-9-14-10-27-17(20-14)11-3-2-4-13(19)7-11/h2-8,10H,9H2,1H3. The Morgan fingerprint density at radius 1 is 1.30 bits per heavy atom. The van der Waals surface area contributed by atoms with E-state index in [-0.39, 0.29) is 29.5 Å². The normalized spacial score (nSPS) is 10.4. The first-order valence-corrected chi connectivity index (χ1v) is 7.68. The van der Waals surface area contributed by atoms with E-state index in [1.807, 2.05) is 0 Å². The molecule has 0 bridgehead atoms. The minimum absolute atomic E-state index is 0.110. The van der Waals surface area contributed by atoms with Gasteiger partial charge in [-0.15, -0.1) is 0 Å². The van der Waals surface area contributed by atoms with Gasteiger partial charge in [0.15, 0.2) is 5.75 Å². The zero-order chi connectivity index (χ0) is 19.4. The molecule has 0 radical (unpaired) electrons. The van der Waals surface area contributed by atoms with E-state index in [0.717, 1.165) is 6.07 Å². The number of nitro groups is 1. The maximum absolute atomic E-state index is 13.3. The molecule has 8 nitrogen and oxygen atoms in total. The lowest BCUT2D eigenvalue weighted by Crippen LogP contribution is -2.04. The molecule has 0 amide bonds. The molecular weight excluding hydrogens is 359 g/mol. The molecule has 1 aromatic heterocycles. The van der Waals surface area contributed by atoms with Crippen molar-refractivity contribution in [2.75, 3.05) is 7.11 Å². The fourth-order valence-electron chi connectivity index (χ4n) is 2.30. The number of halogens is 1. The molecule has 9 heteroatoms. The van der Waals surface area contributed by atoms with E-state index in [1.54, 1.807) is 6.07 Å². The molecule has 138 valence electrons. The number of carbonyl (C=O) groups excluding carboxylic acids is 1. The topological polar surface area (TPSA) is 105 Å². The Balaban J connectivity index is 1.80. The maximum Gasteiger partial charge on any atom is 0.337 e. The molecule has 27 heavy (non-hydrogen) atoms. The Bertz CT molecular complexity index is 1000. The second kappa shape index (κ2) is 7.65. The first-order valence-electron chi connectivity index (χ1n) is 7.68. The molecule has 0 unspecified atom stereocenters. The predicted molar refractivity (Wildman–Crippen MR) is 90.7 cm³/mol. The number of hydrogen-bond acceptors (Lipinski definition) is 7. The van der Waals surface area contributed by atoms with Crippen molar-refractivity contribution < 1.29 is 28.0 Å². The maximum atomic E-state index is 13.3. The third-order valence-electron chi connectivity index (χ3n) is 3.58. The van der Waals surface area contributed by atoms with Crippen molar-refractivity contribution in [3.05, 3.63) is 75.9 Å². The Morgan fingerprint density at radius 2 is 2.11 bits per heavy atom. The quantitative estimate of drug-likeness (QED) is 0.368. The van der Waals surface area contributed by atoms with Crippen LogP contribution in [0.25, 0.3) is 11.5 Å². The SMILES string of the molecule is COC(=O)c1ccc([N+](=O)[O-])c(OCc2coc(-c3cccc(F)c3)n2)c1. The largest absolute Gasteiger partial charge is 0.480 e. The van der Waals surface area contributed by atoms with E-state index in [2.05, 4.69) is 9.72 Å². The fraction of sp³-hybridized carbons (Fsp3) is 0.111. The van der Waals surface area contributed by atoms with Crippen LogP contribution in [0.15, 0.2) is 53.1 Å². The number of carbonyl (C=O) groups is 1. The van der Waals surface area contributed by atoms with Crippen molar-refractivity contribution in [2.24, 2.45) is 0 Å². The van der Waals surface area contributed by atoms with Crippen molar-refractivity contribution in [3.63, 3.8) is 0 Å². The summed E-state index contributed by atoms with van der Waals surface area (Å²) >= 11 is 0. The summed E-state index contributed by atoms with van der Waals surface area (Å²) in [5, 5.41) is 11.1. The van der Waals surface area contributed by atoms with Crippen LogP contribution in [0.1, 0.15) is 16.1 Å². The molecule has 0 atom stereocenters. The summed E-state index contributed by atoms with van der Waals surface area (Å²) in [4.78, 5) is 26.3. The van der Waals surface area contributed by atoms with Crippen LogP contribution in [-0.2, 0) is 11.3 Å². The molecule has 0 spiro atoms. The average molecular weight is 372 g/mol. The van der Waals surface area contributed by atoms with Crippen LogP contribution < -0.4 is 4.74 Å². The van der Waals surface area contributed by atoms with Crippen molar-refractivity contribution in [2.45, 2.75) is 6.61 Å². The van der Waals surface area contributed by atoms with Crippen LogP contribution >= 0.6 is 0 Å². The molecule has 0 N–H and O–H groups in total. The number of hydrogen-bond donors (Lipinski definition) is 0. The van der Waals surface area contributed by atoms with Crippen molar-refractivity contribution in [1.82, 2.24) is 4.98 Å². The average Bonchev–Trinajstić information content (AvgIpc) is 3.14. The van der Waals surface area contributed by atoms with Crippen LogP contribution in [0, 0.1) is 15.9 Å². The molecule has 0 aliphatic carbocycles. The smallest absolute Gasteiger partial charge is 0.337 e. The van der Waals surface area contributed by atoms with Crippen LogP contribution in [0.2, 0.25) is 0 Å². The fourth-order valence-corrected chi connectivity index (χ4v) is 2.30. The van der Waals surface area contributed by atoms with Gasteiger partial charge in [-0.1, -0.05) is 6.07 Å². The summed E-state index contributed by atoms with van der Waals surface area (Å²) in [6.45, 7) is -0.149. The number of nitro benzene ring substituents is 1. The highest BCUT2D eigenvalue weighted by molar-refractivity contribution is 5.90. The summed E-state index contributed by atoms with van der Waals surface area (Å²) < 4.78 is 28.6. The van der Waals surface area contributed by atoms with Gasteiger partial charge in [-0.05, 0) is 24.3 Å². The van der Waals surface area contributed by atoms with E-state index in [1.165, 1.54) is 43.7 Å². The molecule has 0 saturated heterocycles. The number of oxazole rings is 1. The predicted octanol–water partition coefficient (Wildman–Crippen LogP) is 3.75. The monoisotopic (exact) mass is 372 g/mol. The summed E-state index contributed by atoms with van der Waals surface area (Å²) in [5.74, 6) is -1.01. The second-order valence-electron chi connectivity index (χ2n) is 5.37. The van der Waals surface area contributed by atoms with Gasteiger partial charge in [-0.2, -0.15) is 0 Å². The molecule has 0 aliphatic heterocycles. The van der Waals surface area contributed by atoms with Gasteiger partial charge in [0.05, 0.1) is 17.6 Å². The summed E-state index contributed by atoms with van der Waals surface area (Å²) in [5.41, 5.74) is 0.585. The van der Waals surface area contributed by atoms with E-state index in [4.69, 9.17) is 9.15 Å². The highest BCUT2D eigenvalue weighted by Crippen LogP contribution is 2.29. The van der Waals surface area contributed by atoms with Crippen molar-refractivity contribution >= 4 is 11.7 Å². The number of ether oxygens (including phenoxy) is 2. The van der Waals surface area contributed by atoms with E-state index in [9.17, 15) is 19.3 Å². The number of methoxy groups -OCH3 is 1. The summed E-state index contributed by atoms with van der Waals surface area (Å²) in [6, 6.07) is 9.36. The number of nitrogens with zero attached hydrogens (tertiary/aromatic N) is 2. The van der Waals surface area contributed by atoms with E-state index >= 15 is 0 Å². The highest BCUT2D eigenvalue weighted by Gasteiger charge is 2.19. The second-order valence-corrected chi connectivity index (χ2v) is 5.37. The minimum atomic E-state index is -0.649. The van der Waals surface area contributed by atoms with E-state index < -0.39 is 16.7 Å². The van der Waals surface area contributed by atoms with Crippen LogP contribution in [-0.4, -0.2) is 23.0 Å². The molecule has 3 rings (SSSR count). The number of esters is 1. The van der Waals surface area contributed by atoms with Gasteiger partial charge >= 0.3 is 11.7 Å². The van der Waals surface area contributed by atoms with Crippen molar-refractivity contribution in [1.29, 1.82) is 0 Å². The van der Waals surface area contributed by atoms with Gasteiger partial charge < -0.3 is 13.9 Å². The zero-order valence-electron chi connectivity index (χ0n) is 14.0. The molecule has 2 aromatic carbocycles. The molecular formula is C18H13FN2O6. The lowest BCUT2D eigenvalue weighted by atomic mass is 10.2. The van der Waals surface area contributed by atoms with Gasteiger partial charge in [0.25, 0.3) is 0 Å². The molecule has 1 heterocycles. The van der Waals surface area contributed by atoms with E-state index in [0.29, 0.717) is 11.3 Å². The van der Waals surface area contributed by atoms with Gasteiger partial charge in [0.1, 0.15) is 24.4 Å². The summed E-state index contributed by atoms with van der Waals surface area (Å²) in [7, 11) is 1.20. The lowest BCUT2D eigenvalue weighted by molar-refractivity contribution is -0.385. The Kier molecular flexibility index (Phi) is 5.11. The van der Waals surface area contributed by atoms with Gasteiger partial charge in [0.2, 0.25) is 5.89 Å². The zero-order valence-corrected chi connectivity index (χ0v) is 14.0.